The number of non-ortho nitro benzene ring substituents is 1. The number of aromatic nitrogens is 2. The van der Waals surface area contributed by atoms with Gasteiger partial charge in [0.2, 0.25) is 5.89 Å². The molecule has 32 heavy (non-hydrogen) atoms. The summed E-state index contributed by atoms with van der Waals surface area (Å²) < 4.78 is 5.65. The molecule has 0 atom stereocenters. The van der Waals surface area contributed by atoms with E-state index in [9.17, 15) is 19.7 Å². The molecule has 0 N–H and O–H groups in total. The number of para-hydroxylation sites is 1. The first-order valence-electron chi connectivity index (χ1n) is 9.36. The highest BCUT2D eigenvalue weighted by molar-refractivity contribution is 5.94. The standard InChI is InChI=1S/C22H15N5O5/c28-21(25(18-9-5-2-6-10-18)23-15-16-7-3-1-4-8-16)26-22(29)32-20(24-26)17-11-13-19(14-12-17)27(30)31/h1-15H/b23-15+. The molecule has 0 aliphatic carbocycles. The van der Waals surface area contributed by atoms with E-state index in [-0.39, 0.29) is 11.6 Å². The first-order chi connectivity index (χ1) is 15.5. The Kier molecular flexibility index (Phi) is 5.66. The fourth-order valence-corrected chi connectivity index (χ4v) is 2.79. The minimum absolute atomic E-state index is 0.128. The van der Waals surface area contributed by atoms with Crippen molar-refractivity contribution >= 4 is 23.6 Å². The summed E-state index contributed by atoms with van der Waals surface area (Å²) >= 11 is 0. The highest BCUT2D eigenvalue weighted by Crippen LogP contribution is 2.20. The van der Waals surface area contributed by atoms with Crippen LogP contribution in [0.5, 0.6) is 0 Å². The molecule has 3 aromatic carbocycles. The van der Waals surface area contributed by atoms with Crippen molar-refractivity contribution in [3.05, 3.63) is 111 Å². The zero-order valence-electron chi connectivity index (χ0n) is 16.4. The SMILES string of the molecule is O=C(N(/N=C/c1ccccc1)c1ccccc1)n1nc(-c2ccc([N+](=O)[O-])cc2)oc1=O. The quantitative estimate of drug-likeness (QED) is 0.269. The third-order valence-electron chi connectivity index (χ3n) is 4.36. The zero-order valence-corrected chi connectivity index (χ0v) is 16.4. The fraction of sp³-hybridized carbons (Fsp3) is 0. The number of nitro groups is 1. The Bertz CT molecular complexity index is 1330. The number of hydrogen-bond acceptors (Lipinski definition) is 7. The molecule has 1 amide bonds. The minimum Gasteiger partial charge on any atom is -0.387 e. The molecule has 10 heteroatoms. The average Bonchev–Trinajstić information content (AvgIpc) is 3.22. The molecule has 0 bridgehead atoms. The van der Waals surface area contributed by atoms with Crippen LogP contribution in [0.4, 0.5) is 16.2 Å². The Hall–Kier alpha value is -4.86. The molecule has 0 radical (unpaired) electrons. The van der Waals surface area contributed by atoms with Gasteiger partial charge in [0.25, 0.3) is 5.69 Å². The van der Waals surface area contributed by atoms with Gasteiger partial charge in [-0.25, -0.2) is 9.59 Å². The second-order valence-electron chi connectivity index (χ2n) is 6.47. The van der Waals surface area contributed by atoms with Crippen molar-refractivity contribution in [1.29, 1.82) is 0 Å². The van der Waals surface area contributed by atoms with Gasteiger partial charge in [-0.3, -0.25) is 10.1 Å². The number of rotatable bonds is 5. The average molecular weight is 429 g/mol. The lowest BCUT2D eigenvalue weighted by molar-refractivity contribution is -0.384. The number of hydrogen-bond donors (Lipinski definition) is 0. The number of nitrogens with zero attached hydrogens (tertiary/aromatic N) is 5. The summed E-state index contributed by atoms with van der Waals surface area (Å²) in [5.74, 6) is -1.17. The van der Waals surface area contributed by atoms with E-state index in [4.69, 9.17) is 4.42 Å². The van der Waals surface area contributed by atoms with Crippen molar-refractivity contribution < 1.29 is 14.1 Å². The van der Waals surface area contributed by atoms with E-state index in [0.29, 0.717) is 15.9 Å². The molecule has 0 fully saturated rings. The van der Waals surface area contributed by atoms with Crippen molar-refractivity contribution in [2.45, 2.75) is 0 Å². The van der Waals surface area contributed by atoms with Crippen LogP contribution in [-0.2, 0) is 0 Å². The predicted octanol–water partition coefficient (Wildman–Crippen LogP) is 3.92. The van der Waals surface area contributed by atoms with Gasteiger partial charge in [-0.2, -0.15) is 10.1 Å². The lowest BCUT2D eigenvalue weighted by Gasteiger charge is -2.15. The molecule has 158 valence electrons. The van der Waals surface area contributed by atoms with Crippen molar-refractivity contribution in [2.75, 3.05) is 5.01 Å². The van der Waals surface area contributed by atoms with E-state index in [1.807, 2.05) is 30.3 Å². The summed E-state index contributed by atoms with van der Waals surface area (Å²) in [6.45, 7) is 0. The first-order valence-corrected chi connectivity index (χ1v) is 9.36. The number of hydrazone groups is 1. The summed E-state index contributed by atoms with van der Waals surface area (Å²) in [7, 11) is 0. The molecular formula is C22H15N5O5. The lowest BCUT2D eigenvalue weighted by Crippen LogP contribution is -2.36. The summed E-state index contributed by atoms with van der Waals surface area (Å²) in [6.07, 6.45) is 1.48. The molecule has 0 saturated carbocycles. The van der Waals surface area contributed by atoms with E-state index in [1.54, 1.807) is 30.3 Å². The van der Waals surface area contributed by atoms with E-state index < -0.39 is 16.7 Å². The van der Waals surface area contributed by atoms with Gasteiger partial charge in [0.05, 0.1) is 16.8 Å². The van der Waals surface area contributed by atoms with Crippen LogP contribution in [0, 0.1) is 10.1 Å². The van der Waals surface area contributed by atoms with E-state index in [0.717, 1.165) is 10.6 Å². The Morgan fingerprint density at radius 1 is 1.00 bits per heavy atom. The molecule has 0 spiro atoms. The summed E-state index contributed by atoms with van der Waals surface area (Å²) in [5.41, 5.74) is 1.34. The van der Waals surface area contributed by atoms with Gasteiger partial charge in [0.1, 0.15) is 0 Å². The Labute approximate surface area is 180 Å². The van der Waals surface area contributed by atoms with Gasteiger partial charge < -0.3 is 4.42 Å². The van der Waals surface area contributed by atoms with Crippen LogP contribution in [0.15, 0.2) is 99.2 Å². The molecule has 4 aromatic rings. The van der Waals surface area contributed by atoms with Gasteiger partial charge in [0, 0.05) is 17.7 Å². The van der Waals surface area contributed by atoms with Gasteiger partial charge in [-0.15, -0.1) is 9.78 Å². The largest absolute Gasteiger partial charge is 0.446 e. The molecule has 0 aliphatic heterocycles. The van der Waals surface area contributed by atoms with Crippen molar-refractivity contribution in [3.63, 3.8) is 0 Å². The molecular weight excluding hydrogens is 414 g/mol. The van der Waals surface area contributed by atoms with E-state index in [2.05, 4.69) is 10.2 Å². The first kappa shape index (κ1) is 20.4. The third-order valence-corrected chi connectivity index (χ3v) is 4.36. The van der Waals surface area contributed by atoms with Gasteiger partial charge in [0.15, 0.2) is 0 Å². The summed E-state index contributed by atoms with van der Waals surface area (Å²) in [6, 6.07) is 22.1. The molecule has 1 aromatic heterocycles. The topological polar surface area (TPSA) is 124 Å². The molecule has 0 unspecified atom stereocenters. The molecule has 0 aliphatic rings. The van der Waals surface area contributed by atoms with Crippen molar-refractivity contribution in [3.8, 4) is 11.5 Å². The maximum atomic E-state index is 13.1. The predicted molar refractivity (Wildman–Crippen MR) is 117 cm³/mol. The molecule has 10 nitrogen and oxygen atoms in total. The van der Waals surface area contributed by atoms with Crippen LogP contribution in [0.25, 0.3) is 11.5 Å². The zero-order chi connectivity index (χ0) is 22.5. The van der Waals surface area contributed by atoms with Crippen LogP contribution in [-0.4, -0.2) is 26.9 Å². The van der Waals surface area contributed by atoms with Gasteiger partial charge in [-0.05, 0) is 29.8 Å². The fourth-order valence-electron chi connectivity index (χ4n) is 2.79. The normalized spacial score (nSPS) is 10.9. The number of carbonyl (C=O) groups excluding carboxylic acids is 1. The van der Waals surface area contributed by atoms with Crippen LogP contribution in [0.3, 0.4) is 0 Å². The third kappa shape index (κ3) is 4.33. The highest BCUT2D eigenvalue weighted by Gasteiger charge is 2.23. The maximum Gasteiger partial charge on any atom is 0.446 e. The van der Waals surface area contributed by atoms with Crippen LogP contribution >= 0.6 is 0 Å². The monoisotopic (exact) mass is 429 g/mol. The number of anilines is 1. The smallest absolute Gasteiger partial charge is 0.387 e. The number of carbonyl (C=O) groups is 1. The molecule has 1 heterocycles. The summed E-state index contributed by atoms with van der Waals surface area (Å²) in [4.78, 5) is 35.8. The number of amides is 1. The Morgan fingerprint density at radius 3 is 2.25 bits per heavy atom. The lowest BCUT2D eigenvalue weighted by atomic mass is 10.2. The number of benzene rings is 3. The summed E-state index contributed by atoms with van der Waals surface area (Å²) in [5, 5.41) is 20.0. The highest BCUT2D eigenvalue weighted by atomic mass is 16.6. The van der Waals surface area contributed by atoms with E-state index in [1.165, 1.54) is 30.5 Å². The number of nitro benzene ring substituents is 1. The molecule has 4 rings (SSSR count). The van der Waals surface area contributed by atoms with Crippen LogP contribution in [0.1, 0.15) is 5.56 Å². The van der Waals surface area contributed by atoms with Gasteiger partial charge >= 0.3 is 11.8 Å². The Balaban J connectivity index is 1.69. The Morgan fingerprint density at radius 2 is 1.62 bits per heavy atom. The second-order valence-corrected chi connectivity index (χ2v) is 6.47. The minimum atomic E-state index is -1.01. The van der Waals surface area contributed by atoms with Crippen LogP contribution in [0.2, 0.25) is 0 Å². The second kappa shape index (κ2) is 8.88. The van der Waals surface area contributed by atoms with Crippen LogP contribution < -0.4 is 10.8 Å². The molecule has 0 saturated heterocycles. The van der Waals surface area contributed by atoms with E-state index >= 15 is 0 Å². The van der Waals surface area contributed by atoms with Crippen molar-refractivity contribution in [2.24, 2.45) is 5.10 Å². The maximum absolute atomic E-state index is 13.1. The van der Waals surface area contributed by atoms with Gasteiger partial charge in [-0.1, -0.05) is 48.5 Å². The van der Waals surface area contributed by atoms with Crippen molar-refractivity contribution in [1.82, 2.24) is 9.78 Å².